The van der Waals surface area contributed by atoms with Crippen molar-refractivity contribution in [1.29, 1.82) is 0 Å². The van der Waals surface area contributed by atoms with Gasteiger partial charge >= 0.3 is 11.9 Å². The molecule has 0 unspecified atom stereocenters. The van der Waals surface area contributed by atoms with Crippen molar-refractivity contribution in [3.8, 4) is 11.5 Å². The molecule has 0 saturated heterocycles. The molecule has 4 N–H and O–H groups in total. The molecule has 0 aromatic heterocycles. The molecule has 2 aromatic carbocycles. The van der Waals surface area contributed by atoms with Crippen LogP contribution in [0.25, 0.3) is 0 Å². The Hall–Kier alpha value is -3.54. The zero-order chi connectivity index (χ0) is 18.5. The average molecular weight is 350 g/mol. The van der Waals surface area contributed by atoms with Crippen molar-refractivity contribution in [3.05, 3.63) is 78.0 Å². The molecule has 0 saturated carbocycles. The molecule has 0 bridgehead atoms. The number of hydrogen-bond donors (Lipinski definition) is 2. The monoisotopic (exact) mass is 350 g/mol. The van der Waals surface area contributed by atoms with Gasteiger partial charge in [0, 0.05) is 17.5 Å². The van der Waals surface area contributed by atoms with Crippen LogP contribution in [0.15, 0.2) is 72.5 Å². The van der Waals surface area contributed by atoms with Crippen LogP contribution >= 0.6 is 0 Å². The number of ether oxygens (including phenoxy) is 2. The topological polar surface area (TPSA) is 105 Å². The smallest absolute Gasteiger partial charge is 0.343 e. The average Bonchev–Trinajstić information content (AvgIpc) is 2.63. The molecule has 6 heteroatoms. The van der Waals surface area contributed by atoms with Crippen LogP contribution in [0.5, 0.6) is 11.5 Å². The molecule has 1 aliphatic rings. The molecule has 26 heavy (non-hydrogen) atoms. The summed E-state index contributed by atoms with van der Waals surface area (Å²) in [6.07, 6.45) is 5.66. The number of hydrogen-bond acceptors (Lipinski definition) is 6. The maximum Gasteiger partial charge on any atom is 0.343 e. The summed E-state index contributed by atoms with van der Waals surface area (Å²) in [4.78, 5) is 24.3. The van der Waals surface area contributed by atoms with E-state index in [-0.39, 0.29) is 11.7 Å². The number of allylic oxidation sites excluding steroid dienone is 2. The minimum atomic E-state index is -0.524. The van der Waals surface area contributed by atoms with Crippen molar-refractivity contribution in [2.75, 3.05) is 5.73 Å². The van der Waals surface area contributed by atoms with Crippen LogP contribution in [0.4, 0.5) is 5.69 Å². The van der Waals surface area contributed by atoms with Gasteiger partial charge in [-0.3, -0.25) is 4.79 Å². The Morgan fingerprint density at radius 3 is 2.31 bits per heavy atom. The fourth-order valence-corrected chi connectivity index (χ4v) is 2.39. The van der Waals surface area contributed by atoms with Gasteiger partial charge in [-0.1, -0.05) is 18.2 Å². The zero-order valence-electron chi connectivity index (χ0n) is 13.9. The molecule has 0 spiro atoms. The highest BCUT2D eigenvalue weighted by atomic mass is 16.5. The van der Waals surface area contributed by atoms with Gasteiger partial charge < -0.3 is 20.9 Å². The fourth-order valence-electron chi connectivity index (χ4n) is 2.39. The van der Waals surface area contributed by atoms with Crippen LogP contribution in [0.2, 0.25) is 0 Å². The summed E-state index contributed by atoms with van der Waals surface area (Å²) >= 11 is 0. The van der Waals surface area contributed by atoms with E-state index in [1.165, 1.54) is 6.07 Å². The Kier molecular flexibility index (Phi) is 5.03. The summed E-state index contributed by atoms with van der Waals surface area (Å²) in [6.45, 7) is 0. The molecule has 0 amide bonds. The quantitative estimate of drug-likeness (QED) is 0.499. The number of rotatable bonds is 4. The van der Waals surface area contributed by atoms with E-state index in [1.54, 1.807) is 60.7 Å². The van der Waals surface area contributed by atoms with Gasteiger partial charge in [-0.2, -0.15) is 0 Å². The van der Waals surface area contributed by atoms with Crippen LogP contribution in [0, 0.1) is 5.92 Å². The van der Waals surface area contributed by atoms with Crippen LogP contribution in [-0.2, 0) is 4.79 Å². The summed E-state index contributed by atoms with van der Waals surface area (Å²) in [5.41, 5.74) is 12.8. The van der Waals surface area contributed by atoms with Gasteiger partial charge in [0.25, 0.3) is 0 Å². The van der Waals surface area contributed by atoms with E-state index in [0.29, 0.717) is 29.1 Å². The van der Waals surface area contributed by atoms with Crippen molar-refractivity contribution in [1.82, 2.24) is 0 Å². The van der Waals surface area contributed by atoms with Crippen molar-refractivity contribution >= 4 is 17.6 Å². The Morgan fingerprint density at radius 1 is 0.962 bits per heavy atom. The highest BCUT2D eigenvalue weighted by Crippen LogP contribution is 2.23. The predicted octanol–water partition coefficient (Wildman–Crippen LogP) is 2.81. The molecule has 0 fully saturated rings. The highest BCUT2D eigenvalue weighted by Gasteiger charge is 2.19. The standard InChI is InChI=1S/C20H18N2O4/c21-15-8-4-13(5-9-15)19(23)25-17-2-1-3-18(12-17)26-20(24)14-6-10-16(22)11-7-14/h1-6,8-12,14H,7,21-22H2/t14-/m1/s1. The maximum absolute atomic E-state index is 12.2. The zero-order valence-corrected chi connectivity index (χ0v) is 13.9. The number of esters is 2. The molecular weight excluding hydrogens is 332 g/mol. The van der Waals surface area contributed by atoms with E-state index in [0.717, 1.165) is 0 Å². The van der Waals surface area contributed by atoms with Crippen LogP contribution in [-0.4, -0.2) is 11.9 Å². The van der Waals surface area contributed by atoms with Crippen molar-refractivity contribution in [2.45, 2.75) is 6.42 Å². The summed E-state index contributed by atoms with van der Waals surface area (Å²) < 4.78 is 10.7. The number of carbonyl (C=O) groups is 2. The third kappa shape index (κ3) is 4.30. The minimum Gasteiger partial charge on any atom is -0.426 e. The summed E-state index contributed by atoms with van der Waals surface area (Å²) in [5, 5.41) is 0. The second kappa shape index (κ2) is 7.57. The Bertz CT molecular complexity index is 885. The highest BCUT2D eigenvalue weighted by molar-refractivity contribution is 5.91. The SMILES string of the molecule is NC1=CC[C@H](C(=O)Oc2cccc(OC(=O)c3ccc(N)cc3)c2)C=C1. The van der Waals surface area contributed by atoms with E-state index in [1.807, 2.05) is 0 Å². The van der Waals surface area contributed by atoms with Gasteiger partial charge in [-0.15, -0.1) is 0 Å². The van der Waals surface area contributed by atoms with Crippen LogP contribution in [0.1, 0.15) is 16.8 Å². The van der Waals surface area contributed by atoms with E-state index in [4.69, 9.17) is 20.9 Å². The lowest BCUT2D eigenvalue weighted by atomic mass is 10.00. The van der Waals surface area contributed by atoms with Crippen LogP contribution < -0.4 is 20.9 Å². The van der Waals surface area contributed by atoms with Gasteiger partial charge in [0.1, 0.15) is 11.5 Å². The van der Waals surface area contributed by atoms with E-state index in [2.05, 4.69) is 0 Å². The molecular formula is C20H18N2O4. The Balaban J connectivity index is 1.64. The molecule has 6 nitrogen and oxygen atoms in total. The number of benzene rings is 2. The third-order valence-electron chi connectivity index (χ3n) is 3.81. The second-order valence-electron chi connectivity index (χ2n) is 5.81. The first-order valence-electron chi connectivity index (χ1n) is 8.04. The van der Waals surface area contributed by atoms with E-state index >= 15 is 0 Å². The number of nitrogens with two attached hydrogens (primary N) is 2. The van der Waals surface area contributed by atoms with Crippen molar-refractivity contribution in [3.63, 3.8) is 0 Å². The summed E-state index contributed by atoms with van der Waals surface area (Å²) in [5.74, 6) is -0.728. The second-order valence-corrected chi connectivity index (χ2v) is 5.81. The lowest BCUT2D eigenvalue weighted by Crippen LogP contribution is -2.20. The number of carbonyl (C=O) groups excluding carboxylic acids is 2. The summed E-state index contributed by atoms with van der Waals surface area (Å²) in [7, 11) is 0. The van der Waals surface area contributed by atoms with Crippen molar-refractivity contribution < 1.29 is 19.1 Å². The van der Waals surface area contributed by atoms with Crippen molar-refractivity contribution in [2.24, 2.45) is 11.7 Å². The summed E-state index contributed by atoms with van der Waals surface area (Å²) in [6, 6.07) is 12.8. The van der Waals surface area contributed by atoms with Gasteiger partial charge in [-0.25, -0.2) is 4.79 Å². The fraction of sp³-hybridized carbons (Fsp3) is 0.100. The molecule has 3 rings (SSSR count). The first kappa shape index (κ1) is 17.3. The van der Waals surface area contributed by atoms with Gasteiger partial charge in [0.15, 0.2) is 0 Å². The van der Waals surface area contributed by atoms with Gasteiger partial charge in [0.2, 0.25) is 0 Å². The number of anilines is 1. The molecule has 0 aliphatic heterocycles. The maximum atomic E-state index is 12.2. The minimum absolute atomic E-state index is 0.278. The van der Waals surface area contributed by atoms with Gasteiger partial charge in [0.05, 0.1) is 11.5 Å². The normalized spacial score (nSPS) is 15.8. The van der Waals surface area contributed by atoms with Gasteiger partial charge in [-0.05, 0) is 48.9 Å². The lowest BCUT2D eigenvalue weighted by molar-refractivity contribution is -0.137. The molecule has 0 heterocycles. The van der Waals surface area contributed by atoms with E-state index in [9.17, 15) is 9.59 Å². The Labute approximate surface area is 150 Å². The molecule has 132 valence electrons. The molecule has 1 atom stereocenters. The molecule has 0 radical (unpaired) electrons. The first-order valence-corrected chi connectivity index (χ1v) is 8.04. The molecule has 1 aliphatic carbocycles. The third-order valence-corrected chi connectivity index (χ3v) is 3.81. The number of nitrogen functional groups attached to an aromatic ring is 1. The Morgan fingerprint density at radius 2 is 1.65 bits per heavy atom. The van der Waals surface area contributed by atoms with E-state index < -0.39 is 11.9 Å². The largest absolute Gasteiger partial charge is 0.426 e. The predicted molar refractivity (Wildman–Crippen MR) is 97.4 cm³/mol. The van der Waals surface area contributed by atoms with Crippen LogP contribution in [0.3, 0.4) is 0 Å². The molecule has 2 aromatic rings. The first-order chi connectivity index (χ1) is 12.5. The lowest BCUT2D eigenvalue weighted by Gasteiger charge is -2.14.